The highest BCUT2D eigenvalue weighted by molar-refractivity contribution is 8.19. The second-order valence-corrected chi connectivity index (χ2v) is 9.36. The van der Waals surface area contributed by atoms with Gasteiger partial charge in [0, 0.05) is 22.1 Å². The molecular formula is C26H25ClN2O2S. The number of rotatable bonds is 6. The number of halogens is 1. The first-order valence-electron chi connectivity index (χ1n) is 10.7. The van der Waals surface area contributed by atoms with Gasteiger partial charge in [0.05, 0.1) is 10.6 Å². The number of imide groups is 1. The average molecular weight is 465 g/mol. The molecule has 2 aromatic carbocycles. The Labute approximate surface area is 197 Å². The number of nitrogens with zero attached hydrogens (tertiary/aromatic N) is 2. The lowest BCUT2D eigenvalue weighted by atomic mass is 10.1. The lowest BCUT2D eigenvalue weighted by molar-refractivity contribution is -0.113. The average Bonchev–Trinajstić information content (AvgIpc) is 3.22. The van der Waals surface area contributed by atoms with Crippen molar-refractivity contribution >= 4 is 46.3 Å². The van der Waals surface area contributed by atoms with Crippen molar-refractivity contribution in [3.8, 4) is 5.69 Å². The molecule has 0 N–H and O–H groups in total. The summed E-state index contributed by atoms with van der Waals surface area (Å²) in [5.74, 6) is -0.313. The quantitative estimate of drug-likeness (QED) is 0.358. The van der Waals surface area contributed by atoms with Crippen LogP contribution in [0.15, 0.2) is 59.5 Å². The van der Waals surface area contributed by atoms with E-state index >= 15 is 0 Å². The minimum atomic E-state index is -0.313. The van der Waals surface area contributed by atoms with Crippen molar-refractivity contribution < 1.29 is 9.59 Å². The fourth-order valence-corrected chi connectivity index (χ4v) is 4.90. The van der Waals surface area contributed by atoms with Crippen LogP contribution in [0.1, 0.15) is 42.3 Å². The number of hydrogen-bond acceptors (Lipinski definition) is 3. The van der Waals surface area contributed by atoms with E-state index in [1.165, 1.54) is 23.3 Å². The molecular weight excluding hydrogens is 440 g/mol. The van der Waals surface area contributed by atoms with E-state index in [2.05, 4.69) is 48.7 Å². The normalized spacial score (nSPS) is 15.2. The molecule has 0 bridgehead atoms. The second kappa shape index (κ2) is 9.39. The Morgan fingerprint density at radius 3 is 2.28 bits per heavy atom. The number of carbonyl (C=O) groups excluding carboxylic acids is 2. The van der Waals surface area contributed by atoms with Gasteiger partial charge in [0.15, 0.2) is 0 Å². The van der Waals surface area contributed by atoms with Crippen molar-refractivity contribution in [3.05, 3.63) is 87.0 Å². The lowest BCUT2D eigenvalue weighted by Gasteiger charge is -2.12. The van der Waals surface area contributed by atoms with E-state index in [1.807, 2.05) is 13.0 Å². The molecule has 4 rings (SSSR count). The molecule has 1 aliphatic heterocycles. The summed E-state index contributed by atoms with van der Waals surface area (Å²) in [7, 11) is 0. The van der Waals surface area contributed by atoms with Gasteiger partial charge in [-0.2, -0.15) is 0 Å². The summed E-state index contributed by atoms with van der Waals surface area (Å²) in [6.07, 6.45) is 5.28. The van der Waals surface area contributed by atoms with Crippen molar-refractivity contribution in [2.45, 2.75) is 40.0 Å². The second-order valence-electron chi connectivity index (χ2n) is 7.93. The summed E-state index contributed by atoms with van der Waals surface area (Å²) >= 11 is 6.90. The number of amides is 2. The molecule has 0 saturated carbocycles. The van der Waals surface area contributed by atoms with Crippen molar-refractivity contribution in [3.63, 3.8) is 0 Å². The zero-order valence-electron chi connectivity index (χ0n) is 18.4. The predicted molar refractivity (Wildman–Crippen MR) is 134 cm³/mol. The molecule has 0 radical (unpaired) electrons. The number of aryl methyl sites for hydroxylation is 2. The molecule has 1 fully saturated rings. The maximum atomic E-state index is 13.0. The minimum Gasteiger partial charge on any atom is -0.318 e. The van der Waals surface area contributed by atoms with Crippen LogP contribution in [0.2, 0.25) is 5.02 Å². The van der Waals surface area contributed by atoms with E-state index in [0.29, 0.717) is 15.6 Å². The van der Waals surface area contributed by atoms with Crippen molar-refractivity contribution in [2.24, 2.45) is 0 Å². The minimum absolute atomic E-state index is 0.306. The summed E-state index contributed by atoms with van der Waals surface area (Å²) in [5.41, 5.74) is 5.99. The number of benzene rings is 2. The molecule has 0 atom stereocenters. The Morgan fingerprint density at radius 1 is 0.969 bits per heavy atom. The molecule has 2 amide bonds. The van der Waals surface area contributed by atoms with Gasteiger partial charge >= 0.3 is 0 Å². The molecule has 164 valence electrons. The molecule has 1 saturated heterocycles. The summed E-state index contributed by atoms with van der Waals surface area (Å²) in [6.45, 7) is 6.29. The van der Waals surface area contributed by atoms with E-state index in [-0.39, 0.29) is 11.1 Å². The van der Waals surface area contributed by atoms with Gasteiger partial charge in [-0.3, -0.25) is 9.59 Å². The zero-order valence-corrected chi connectivity index (χ0v) is 20.0. The number of thioether (sulfide) groups is 1. The number of anilines is 1. The molecule has 0 spiro atoms. The first-order chi connectivity index (χ1) is 15.4. The Balaban J connectivity index is 1.62. The fourth-order valence-electron chi connectivity index (χ4n) is 3.95. The van der Waals surface area contributed by atoms with Crippen LogP contribution in [0.25, 0.3) is 11.8 Å². The van der Waals surface area contributed by atoms with Gasteiger partial charge in [-0.25, -0.2) is 4.90 Å². The molecule has 4 nitrogen and oxygen atoms in total. The molecule has 6 heteroatoms. The first kappa shape index (κ1) is 22.4. The summed E-state index contributed by atoms with van der Waals surface area (Å²) in [6, 6.07) is 17.4. The smallest absolute Gasteiger partial charge is 0.298 e. The van der Waals surface area contributed by atoms with E-state index in [4.69, 9.17) is 11.6 Å². The predicted octanol–water partition coefficient (Wildman–Crippen LogP) is 7.33. The van der Waals surface area contributed by atoms with Gasteiger partial charge < -0.3 is 4.57 Å². The highest BCUT2D eigenvalue weighted by atomic mass is 35.5. The third-order valence-electron chi connectivity index (χ3n) is 5.65. The number of unbranched alkanes of at least 4 members (excludes halogenated alkanes) is 1. The van der Waals surface area contributed by atoms with Crippen LogP contribution in [0.3, 0.4) is 0 Å². The molecule has 1 aromatic heterocycles. The maximum absolute atomic E-state index is 13.0. The highest BCUT2D eigenvalue weighted by Gasteiger charge is 2.36. The highest BCUT2D eigenvalue weighted by Crippen LogP contribution is 2.37. The van der Waals surface area contributed by atoms with Crippen LogP contribution >= 0.6 is 23.4 Å². The largest absolute Gasteiger partial charge is 0.318 e. The molecule has 2 heterocycles. The van der Waals surface area contributed by atoms with E-state index in [0.717, 1.165) is 40.8 Å². The monoisotopic (exact) mass is 464 g/mol. The van der Waals surface area contributed by atoms with Crippen LogP contribution < -0.4 is 4.90 Å². The third-order valence-corrected chi connectivity index (χ3v) is 6.77. The Morgan fingerprint density at radius 2 is 1.62 bits per heavy atom. The summed E-state index contributed by atoms with van der Waals surface area (Å²) in [4.78, 5) is 27.1. The van der Waals surface area contributed by atoms with Crippen LogP contribution in [0.4, 0.5) is 10.5 Å². The van der Waals surface area contributed by atoms with Crippen molar-refractivity contribution in [1.82, 2.24) is 4.57 Å². The van der Waals surface area contributed by atoms with E-state index in [1.54, 1.807) is 24.3 Å². The summed E-state index contributed by atoms with van der Waals surface area (Å²) in [5, 5.41) is 0.252. The molecule has 32 heavy (non-hydrogen) atoms. The Hall–Kier alpha value is -2.76. The standard InChI is InChI=1S/C26H25ClN2O2S/c1-4-5-6-19-7-11-22(12-8-19)28-17(2)15-20(18(28)3)16-24-25(30)29(26(31)32-24)23-13-9-21(27)10-14-23/h7-16H,4-6H2,1-3H3/b24-16+. The third kappa shape index (κ3) is 4.41. The first-order valence-corrected chi connectivity index (χ1v) is 11.9. The molecule has 3 aromatic rings. The van der Waals surface area contributed by atoms with Gasteiger partial charge in [0.2, 0.25) is 0 Å². The van der Waals surface area contributed by atoms with Crippen molar-refractivity contribution in [2.75, 3.05) is 4.90 Å². The SMILES string of the molecule is CCCCc1ccc(-n2c(C)cc(/C=C3/SC(=O)N(c4ccc(Cl)cc4)C3=O)c2C)cc1. The summed E-state index contributed by atoms with van der Waals surface area (Å²) < 4.78 is 2.18. The fraction of sp³-hybridized carbons (Fsp3) is 0.231. The van der Waals surface area contributed by atoms with Crippen LogP contribution in [-0.2, 0) is 11.2 Å². The van der Waals surface area contributed by atoms with Gasteiger partial charge in [-0.1, -0.05) is 37.1 Å². The molecule has 0 aliphatic carbocycles. The van der Waals surface area contributed by atoms with Gasteiger partial charge in [-0.05, 0) is 98.1 Å². The molecule has 1 aliphatic rings. The van der Waals surface area contributed by atoms with E-state index in [9.17, 15) is 9.59 Å². The van der Waals surface area contributed by atoms with Crippen LogP contribution in [-0.4, -0.2) is 15.7 Å². The van der Waals surface area contributed by atoms with Gasteiger partial charge in [0.1, 0.15) is 0 Å². The maximum Gasteiger partial charge on any atom is 0.298 e. The topological polar surface area (TPSA) is 42.3 Å². The van der Waals surface area contributed by atoms with Gasteiger partial charge in [-0.15, -0.1) is 0 Å². The number of carbonyl (C=O) groups is 2. The van der Waals surface area contributed by atoms with E-state index < -0.39 is 0 Å². The van der Waals surface area contributed by atoms with Crippen LogP contribution in [0, 0.1) is 13.8 Å². The number of aromatic nitrogens is 1. The molecule has 0 unspecified atom stereocenters. The van der Waals surface area contributed by atoms with Gasteiger partial charge in [0.25, 0.3) is 11.1 Å². The van der Waals surface area contributed by atoms with Crippen LogP contribution in [0.5, 0.6) is 0 Å². The zero-order chi connectivity index (χ0) is 22.8. The van der Waals surface area contributed by atoms with Crippen molar-refractivity contribution in [1.29, 1.82) is 0 Å². The Bertz CT molecular complexity index is 1190. The number of hydrogen-bond donors (Lipinski definition) is 0. The lowest BCUT2D eigenvalue weighted by Crippen LogP contribution is -2.27. The Kier molecular flexibility index (Phi) is 6.58.